The molecule has 3 rings (SSSR count). The molecule has 1 aliphatic rings. The summed E-state index contributed by atoms with van der Waals surface area (Å²) in [6.45, 7) is 4.82. The average Bonchev–Trinajstić information content (AvgIpc) is 3.39. The number of benzene rings is 1. The highest BCUT2D eigenvalue weighted by molar-refractivity contribution is 7.89. The molecule has 2 aromatic rings. The van der Waals surface area contributed by atoms with Crippen LogP contribution in [0.5, 0.6) is 0 Å². The van der Waals surface area contributed by atoms with Crippen LogP contribution in [0.4, 0.5) is 13.2 Å². The fraction of sp³-hybridized carbons (Fsp3) is 0.526. The maximum Gasteiger partial charge on any atom is 0.276 e. The highest BCUT2D eigenvalue weighted by Crippen LogP contribution is 2.33. The highest BCUT2D eigenvalue weighted by Gasteiger charge is 2.38. The monoisotopic (exact) mass is 459 g/mol. The van der Waals surface area contributed by atoms with E-state index in [2.05, 4.69) is 20.1 Å². The first-order valence-corrected chi connectivity index (χ1v) is 11.4. The second-order valence-electron chi connectivity index (χ2n) is 7.78. The van der Waals surface area contributed by atoms with Crippen molar-refractivity contribution < 1.29 is 26.4 Å². The molecule has 8 nitrogen and oxygen atoms in total. The minimum Gasteiger partial charge on any atom is -0.337 e. The van der Waals surface area contributed by atoms with Crippen LogP contribution in [-0.2, 0) is 10.0 Å². The van der Waals surface area contributed by atoms with E-state index in [0.717, 1.165) is 6.42 Å². The predicted molar refractivity (Wildman–Crippen MR) is 105 cm³/mol. The van der Waals surface area contributed by atoms with Gasteiger partial charge < -0.3 is 4.90 Å². The smallest absolute Gasteiger partial charge is 0.276 e. The second-order valence-corrected chi connectivity index (χ2v) is 9.52. The van der Waals surface area contributed by atoms with Crippen molar-refractivity contribution in [1.82, 2.24) is 25.0 Å². The zero-order valence-electron chi connectivity index (χ0n) is 17.1. The third-order valence-electron chi connectivity index (χ3n) is 5.68. The minimum absolute atomic E-state index is 0.00620. The van der Waals surface area contributed by atoms with Gasteiger partial charge in [0.2, 0.25) is 10.0 Å². The van der Waals surface area contributed by atoms with Crippen LogP contribution in [0.1, 0.15) is 37.2 Å². The number of carbonyl (C=O) groups is 1. The molecule has 2 heterocycles. The maximum atomic E-state index is 14.0. The number of hydrogen-bond acceptors (Lipinski definition) is 5. The van der Waals surface area contributed by atoms with Crippen molar-refractivity contribution in [2.75, 3.05) is 19.6 Å². The predicted octanol–water partition coefficient (Wildman–Crippen LogP) is 2.32. The summed E-state index contributed by atoms with van der Waals surface area (Å²) in [5, 5.41) is 9.84. The van der Waals surface area contributed by atoms with Gasteiger partial charge in [-0.05, 0) is 36.3 Å². The summed E-state index contributed by atoms with van der Waals surface area (Å²) in [5.41, 5.74) is 0.203. The van der Waals surface area contributed by atoms with E-state index < -0.39 is 32.4 Å². The summed E-state index contributed by atoms with van der Waals surface area (Å²) in [6, 6.07) is 1.27. The number of halogens is 3. The van der Waals surface area contributed by atoms with Gasteiger partial charge in [0.25, 0.3) is 5.91 Å². The lowest BCUT2D eigenvalue weighted by Crippen LogP contribution is -2.36. The first-order chi connectivity index (χ1) is 14.7. The van der Waals surface area contributed by atoms with Crippen molar-refractivity contribution in [3.05, 3.63) is 41.5 Å². The Morgan fingerprint density at radius 3 is 2.68 bits per heavy atom. The SMILES string of the molecule is CCC[C@@H](CNS(=O)(=O)c1ccc(F)c(F)c1F)[C@H]1CN(C(=O)c2cn[nH]n2)C[C@H]1C. The molecule has 0 spiro atoms. The molecule has 170 valence electrons. The number of hydrogen-bond donors (Lipinski definition) is 2. The van der Waals surface area contributed by atoms with E-state index in [4.69, 9.17) is 0 Å². The molecule has 1 saturated heterocycles. The van der Waals surface area contributed by atoms with Gasteiger partial charge in [0.05, 0.1) is 6.20 Å². The number of aromatic nitrogens is 3. The van der Waals surface area contributed by atoms with Crippen LogP contribution < -0.4 is 4.72 Å². The lowest BCUT2D eigenvalue weighted by Gasteiger charge is -2.26. The van der Waals surface area contributed by atoms with Crippen LogP contribution in [0.2, 0.25) is 0 Å². The standard InChI is InChI=1S/C19H24F3N5O3S/c1-3-4-12(7-24-31(29,30)16-6-5-14(20)17(21)18(16)22)13-10-27(9-11(13)2)19(28)15-8-23-26-25-15/h5-6,8,11-13,24H,3-4,7,9-10H2,1-2H3,(H,23,25,26)/t11-,12+,13+/m1/s1. The molecule has 2 N–H and O–H groups in total. The van der Waals surface area contributed by atoms with E-state index >= 15 is 0 Å². The first-order valence-electron chi connectivity index (χ1n) is 9.93. The Balaban J connectivity index is 1.72. The molecule has 0 bridgehead atoms. The van der Waals surface area contributed by atoms with Crippen LogP contribution in [-0.4, -0.2) is 54.3 Å². The Morgan fingerprint density at radius 1 is 1.29 bits per heavy atom. The number of rotatable bonds is 8. The van der Waals surface area contributed by atoms with Gasteiger partial charge in [-0.2, -0.15) is 15.4 Å². The second kappa shape index (κ2) is 9.35. The van der Waals surface area contributed by atoms with Gasteiger partial charge >= 0.3 is 0 Å². The summed E-state index contributed by atoms with van der Waals surface area (Å²) < 4.78 is 68.0. The topological polar surface area (TPSA) is 108 Å². The Hall–Kier alpha value is -2.47. The summed E-state index contributed by atoms with van der Waals surface area (Å²) in [4.78, 5) is 13.3. The maximum absolute atomic E-state index is 14.0. The van der Waals surface area contributed by atoms with E-state index in [1.165, 1.54) is 6.20 Å². The molecule has 1 fully saturated rings. The molecule has 1 amide bonds. The van der Waals surface area contributed by atoms with Crippen molar-refractivity contribution in [3.8, 4) is 0 Å². The molecule has 31 heavy (non-hydrogen) atoms. The van der Waals surface area contributed by atoms with Gasteiger partial charge in [-0.3, -0.25) is 4.79 Å². The van der Waals surface area contributed by atoms with E-state index in [1.54, 1.807) is 4.90 Å². The fourth-order valence-electron chi connectivity index (χ4n) is 4.09. The van der Waals surface area contributed by atoms with Crippen molar-refractivity contribution in [2.24, 2.45) is 17.8 Å². The van der Waals surface area contributed by atoms with Gasteiger partial charge in [-0.25, -0.2) is 26.3 Å². The Kier molecular flexibility index (Phi) is 6.99. The zero-order chi connectivity index (χ0) is 22.8. The molecular weight excluding hydrogens is 435 g/mol. The summed E-state index contributed by atoms with van der Waals surface area (Å²) >= 11 is 0. The van der Waals surface area contributed by atoms with Crippen molar-refractivity contribution in [2.45, 2.75) is 31.6 Å². The number of sulfonamides is 1. The van der Waals surface area contributed by atoms with Crippen molar-refractivity contribution >= 4 is 15.9 Å². The van der Waals surface area contributed by atoms with Gasteiger partial charge in [0.1, 0.15) is 4.90 Å². The van der Waals surface area contributed by atoms with E-state index in [-0.39, 0.29) is 35.9 Å². The average molecular weight is 459 g/mol. The van der Waals surface area contributed by atoms with Gasteiger partial charge in [0.15, 0.2) is 23.1 Å². The minimum atomic E-state index is -4.39. The third-order valence-corrected chi connectivity index (χ3v) is 7.12. The molecule has 0 unspecified atom stereocenters. The summed E-state index contributed by atoms with van der Waals surface area (Å²) in [7, 11) is -4.39. The molecule has 12 heteroatoms. The normalized spacial score (nSPS) is 20.2. The quantitative estimate of drug-likeness (QED) is 0.589. The number of amides is 1. The largest absolute Gasteiger partial charge is 0.337 e. The van der Waals surface area contributed by atoms with E-state index in [0.29, 0.717) is 31.6 Å². The molecule has 3 atom stereocenters. The number of nitrogens with zero attached hydrogens (tertiary/aromatic N) is 3. The number of likely N-dealkylation sites (tertiary alicyclic amines) is 1. The van der Waals surface area contributed by atoms with Gasteiger partial charge in [-0.1, -0.05) is 20.3 Å². The molecular formula is C19H24F3N5O3S. The summed E-state index contributed by atoms with van der Waals surface area (Å²) in [5.74, 6) is -5.36. The molecule has 1 aliphatic heterocycles. The fourth-order valence-corrected chi connectivity index (χ4v) is 5.25. The Labute approximate surface area is 178 Å². The molecule has 0 saturated carbocycles. The van der Waals surface area contributed by atoms with Gasteiger partial charge in [-0.15, -0.1) is 0 Å². The molecule has 0 aliphatic carbocycles. The Bertz CT molecular complexity index is 1030. The number of H-pyrrole nitrogens is 1. The lowest BCUT2D eigenvalue weighted by molar-refractivity contribution is 0.0774. The van der Waals surface area contributed by atoms with Crippen molar-refractivity contribution in [1.29, 1.82) is 0 Å². The number of aromatic amines is 1. The lowest BCUT2D eigenvalue weighted by atomic mass is 9.82. The van der Waals surface area contributed by atoms with Crippen LogP contribution in [0.25, 0.3) is 0 Å². The molecule has 1 aromatic heterocycles. The van der Waals surface area contributed by atoms with Crippen LogP contribution in [0.15, 0.2) is 23.2 Å². The highest BCUT2D eigenvalue weighted by atomic mass is 32.2. The summed E-state index contributed by atoms with van der Waals surface area (Å²) in [6.07, 6.45) is 2.78. The van der Waals surface area contributed by atoms with E-state index in [1.807, 2.05) is 13.8 Å². The van der Waals surface area contributed by atoms with Gasteiger partial charge in [0, 0.05) is 19.6 Å². The van der Waals surface area contributed by atoms with Crippen molar-refractivity contribution in [3.63, 3.8) is 0 Å². The number of carbonyl (C=O) groups excluding carboxylic acids is 1. The Morgan fingerprint density at radius 2 is 2.03 bits per heavy atom. The zero-order valence-corrected chi connectivity index (χ0v) is 17.9. The third kappa shape index (κ3) is 4.90. The number of nitrogens with one attached hydrogen (secondary N) is 2. The van der Waals surface area contributed by atoms with Crippen LogP contribution in [0.3, 0.4) is 0 Å². The molecule has 0 radical (unpaired) electrons. The van der Waals surface area contributed by atoms with Crippen LogP contribution >= 0.6 is 0 Å². The van der Waals surface area contributed by atoms with Crippen LogP contribution in [0, 0.1) is 35.2 Å². The van der Waals surface area contributed by atoms with E-state index in [9.17, 15) is 26.4 Å². The molecule has 1 aromatic carbocycles. The first kappa shape index (κ1) is 23.2.